The van der Waals surface area contributed by atoms with Crippen molar-refractivity contribution in [3.05, 3.63) is 11.8 Å². The molecule has 0 radical (unpaired) electrons. The predicted molar refractivity (Wildman–Crippen MR) is 99.6 cm³/mol. The smallest absolute Gasteiger partial charge is 0.380 e. The third-order valence-corrected chi connectivity index (χ3v) is 9.46. The number of halogens is 3. The summed E-state index contributed by atoms with van der Waals surface area (Å²) >= 11 is 0. The van der Waals surface area contributed by atoms with Gasteiger partial charge in [0.25, 0.3) is 0 Å². The molecule has 164 valence electrons. The zero-order chi connectivity index (χ0) is 21.2. The molecule has 6 atom stereocenters. The van der Waals surface area contributed by atoms with Gasteiger partial charge in [0.15, 0.2) is 0 Å². The summed E-state index contributed by atoms with van der Waals surface area (Å²) in [5, 5.41) is 3.02. The first-order valence-corrected chi connectivity index (χ1v) is 11.8. The van der Waals surface area contributed by atoms with Gasteiger partial charge in [0.2, 0.25) is 5.91 Å². The lowest BCUT2D eigenvalue weighted by Crippen LogP contribution is -2.52. The molecule has 3 fully saturated rings. The summed E-state index contributed by atoms with van der Waals surface area (Å²) in [7, 11) is -5.66. The van der Waals surface area contributed by atoms with Gasteiger partial charge in [0.1, 0.15) is 5.76 Å². The molecule has 4 rings (SSSR count). The summed E-state index contributed by atoms with van der Waals surface area (Å²) in [6.45, 7) is 4.81. The molecule has 3 aliphatic carbocycles. The van der Waals surface area contributed by atoms with Gasteiger partial charge in [-0.1, -0.05) is 13.8 Å². The van der Waals surface area contributed by atoms with Crippen LogP contribution in [0.25, 0.3) is 0 Å². The van der Waals surface area contributed by atoms with E-state index in [2.05, 4.69) is 16.4 Å². The fourth-order valence-electron chi connectivity index (χ4n) is 6.79. The number of carbonyl (C=O) groups is 1. The molecule has 0 bridgehead atoms. The van der Waals surface area contributed by atoms with Crippen LogP contribution < -0.4 is 5.32 Å². The molecular formula is C20H28F3NO4S. The second kappa shape index (κ2) is 6.62. The van der Waals surface area contributed by atoms with E-state index in [1.165, 1.54) is 0 Å². The minimum Gasteiger partial charge on any atom is -0.380 e. The lowest BCUT2D eigenvalue weighted by atomic mass is 9.47. The van der Waals surface area contributed by atoms with Gasteiger partial charge in [-0.3, -0.25) is 4.79 Å². The molecule has 29 heavy (non-hydrogen) atoms. The molecule has 0 aromatic rings. The highest BCUT2D eigenvalue weighted by Gasteiger charge is 2.60. The second-order valence-corrected chi connectivity index (χ2v) is 11.2. The van der Waals surface area contributed by atoms with Gasteiger partial charge in [-0.25, -0.2) is 0 Å². The number of rotatable bonds is 2. The quantitative estimate of drug-likeness (QED) is 0.523. The standard InChI is InChI=1S/C20H28F3NO4S/c1-18-10-8-17(25)24-11-12(18)3-4-13-14-5-6-16(19(14,2)9-7-15(13)18)28-29(26,27)20(21,22)23/h6,12-15H,3-5,7-11H2,1-2H3,(H,24,25)/t12-,13-,14-,15-,18-,19-/m0/s1. The van der Waals surface area contributed by atoms with Crippen LogP contribution in [0, 0.1) is 34.5 Å². The van der Waals surface area contributed by atoms with Crippen LogP contribution in [0.4, 0.5) is 13.2 Å². The Morgan fingerprint density at radius 2 is 1.86 bits per heavy atom. The summed E-state index contributed by atoms with van der Waals surface area (Å²) in [5.41, 5.74) is -6.10. The van der Waals surface area contributed by atoms with Gasteiger partial charge >= 0.3 is 15.6 Å². The van der Waals surface area contributed by atoms with Crippen LogP contribution in [-0.4, -0.2) is 26.4 Å². The first-order valence-electron chi connectivity index (χ1n) is 10.4. The monoisotopic (exact) mass is 435 g/mol. The van der Waals surface area contributed by atoms with Crippen LogP contribution in [0.2, 0.25) is 0 Å². The molecule has 0 spiro atoms. The number of alkyl halides is 3. The predicted octanol–water partition coefficient (Wildman–Crippen LogP) is 4.12. The number of carbonyl (C=O) groups excluding carboxylic acids is 1. The van der Waals surface area contributed by atoms with E-state index in [4.69, 9.17) is 0 Å². The van der Waals surface area contributed by atoms with Crippen LogP contribution in [0.3, 0.4) is 0 Å². The van der Waals surface area contributed by atoms with Crippen LogP contribution in [0.5, 0.6) is 0 Å². The molecule has 1 aliphatic heterocycles. The van der Waals surface area contributed by atoms with Gasteiger partial charge < -0.3 is 9.50 Å². The highest BCUT2D eigenvalue weighted by Crippen LogP contribution is 2.65. The van der Waals surface area contributed by atoms with Gasteiger partial charge in [-0.15, -0.1) is 0 Å². The van der Waals surface area contributed by atoms with E-state index in [0.29, 0.717) is 43.6 Å². The zero-order valence-electron chi connectivity index (χ0n) is 16.7. The van der Waals surface area contributed by atoms with E-state index < -0.39 is 21.0 Å². The third-order valence-electron chi connectivity index (χ3n) is 8.49. The van der Waals surface area contributed by atoms with Gasteiger partial charge in [0, 0.05) is 18.4 Å². The van der Waals surface area contributed by atoms with Crippen molar-refractivity contribution in [3.63, 3.8) is 0 Å². The fourth-order valence-corrected chi connectivity index (χ4v) is 7.38. The molecule has 1 amide bonds. The molecular weight excluding hydrogens is 407 g/mol. The van der Waals surface area contributed by atoms with E-state index in [1.807, 2.05) is 6.92 Å². The van der Waals surface area contributed by atoms with E-state index in [1.54, 1.807) is 6.08 Å². The van der Waals surface area contributed by atoms with Gasteiger partial charge in [-0.05, 0) is 73.7 Å². The van der Waals surface area contributed by atoms with Crippen LogP contribution >= 0.6 is 0 Å². The first-order chi connectivity index (χ1) is 13.4. The summed E-state index contributed by atoms with van der Waals surface area (Å²) in [6.07, 6.45) is 6.77. The lowest BCUT2D eigenvalue weighted by molar-refractivity contribution is -0.121. The summed E-state index contributed by atoms with van der Waals surface area (Å²) < 4.78 is 66.3. The molecule has 0 aromatic heterocycles. The average molecular weight is 436 g/mol. The number of hydrogen-bond donors (Lipinski definition) is 1. The number of nitrogens with one attached hydrogen (secondary N) is 1. The van der Waals surface area contributed by atoms with Crippen LogP contribution in [0.15, 0.2) is 11.8 Å². The first kappa shape index (κ1) is 21.0. The van der Waals surface area contributed by atoms with Crippen LogP contribution in [-0.2, 0) is 19.1 Å². The van der Waals surface area contributed by atoms with Crippen molar-refractivity contribution in [3.8, 4) is 0 Å². The molecule has 9 heteroatoms. The number of allylic oxidation sites excluding steroid dienone is 2. The summed E-state index contributed by atoms with van der Waals surface area (Å²) in [6, 6.07) is 0. The topological polar surface area (TPSA) is 72.5 Å². The van der Waals surface area contributed by atoms with Crippen molar-refractivity contribution in [1.29, 1.82) is 0 Å². The second-order valence-electron chi connectivity index (χ2n) is 9.70. The minimum absolute atomic E-state index is 0.0189. The maximum Gasteiger partial charge on any atom is 0.534 e. The number of hydrogen-bond acceptors (Lipinski definition) is 4. The summed E-state index contributed by atoms with van der Waals surface area (Å²) in [4.78, 5) is 11.9. The Morgan fingerprint density at radius 1 is 1.14 bits per heavy atom. The van der Waals surface area contributed by atoms with Crippen molar-refractivity contribution < 1.29 is 30.6 Å². The lowest BCUT2D eigenvalue weighted by Gasteiger charge is -2.58. The summed E-state index contributed by atoms with van der Waals surface area (Å²) in [5.74, 6) is 1.23. The largest absolute Gasteiger partial charge is 0.534 e. The fraction of sp³-hybridized carbons (Fsp3) is 0.850. The molecule has 1 saturated heterocycles. The van der Waals surface area contributed by atoms with Crippen molar-refractivity contribution in [2.24, 2.45) is 34.5 Å². The van der Waals surface area contributed by atoms with E-state index >= 15 is 0 Å². The molecule has 5 nitrogen and oxygen atoms in total. The Morgan fingerprint density at radius 3 is 2.55 bits per heavy atom. The molecule has 0 unspecified atom stereocenters. The van der Waals surface area contributed by atoms with E-state index in [9.17, 15) is 26.4 Å². The van der Waals surface area contributed by atoms with Crippen molar-refractivity contribution >= 4 is 16.0 Å². The SMILES string of the molecule is C[C@]12CCC(=O)NC[C@@H]1CC[C@@H]1[C@@H]2CC[C@]2(C)C(OS(=O)(=O)C(F)(F)F)=CC[C@@H]12. The molecule has 4 aliphatic rings. The maximum absolute atomic E-state index is 12.8. The Labute approximate surface area is 169 Å². The Hall–Kier alpha value is -1.25. The zero-order valence-corrected chi connectivity index (χ0v) is 17.5. The van der Waals surface area contributed by atoms with Crippen molar-refractivity contribution in [2.45, 2.75) is 64.3 Å². The molecule has 0 aromatic carbocycles. The molecule has 2 saturated carbocycles. The molecule has 1 N–H and O–H groups in total. The normalized spacial score (nSPS) is 42.7. The van der Waals surface area contributed by atoms with Crippen molar-refractivity contribution in [1.82, 2.24) is 5.32 Å². The van der Waals surface area contributed by atoms with E-state index in [0.717, 1.165) is 25.7 Å². The maximum atomic E-state index is 12.8. The van der Waals surface area contributed by atoms with Gasteiger partial charge in [-0.2, -0.15) is 21.6 Å². The highest BCUT2D eigenvalue weighted by atomic mass is 32.2. The minimum atomic E-state index is -5.66. The average Bonchev–Trinajstić information content (AvgIpc) is 2.85. The van der Waals surface area contributed by atoms with E-state index in [-0.39, 0.29) is 23.0 Å². The number of fused-ring (bicyclic) bond motifs is 5. The Kier molecular flexibility index (Phi) is 4.80. The van der Waals surface area contributed by atoms with Gasteiger partial charge in [0.05, 0.1) is 0 Å². The third kappa shape index (κ3) is 3.18. The van der Waals surface area contributed by atoms with Crippen LogP contribution in [0.1, 0.15) is 58.8 Å². The Bertz CT molecular complexity index is 839. The number of amides is 1. The highest BCUT2D eigenvalue weighted by molar-refractivity contribution is 7.87. The Balaban J connectivity index is 1.58. The molecule has 1 heterocycles. The van der Waals surface area contributed by atoms with Crippen molar-refractivity contribution in [2.75, 3.05) is 6.54 Å².